The van der Waals surface area contributed by atoms with Crippen molar-refractivity contribution in [2.24, 2.45) is 0 Å². The molecule has 0 saturated heterocycles. The Hall–Kier alpha value is -2.64. The van der Waals surface area contributed by atoms with Gasteiger partial charge in [-0.2, -0.15) is 5.10 Å². The maximum absolute atomic E-state index is 12.0. The van der Waals surface area contributed by atoms with Gasteiger partial charge in [0.05, 0.1) is 5.69 Å². The monoisotopic (exact) mass is 305 g/mol. The van der Waals surface area contributed by atoms with Gasteiger partial charge in [-0.05, 0) is 26.8 Å². The molecule has 0 bridgehead atoms. The van der Waals surface area contributed by atoms with Gasteiger partial charge < -0.3 is 5.32 Å². The lowest BCUT2D eigenvalue weighted by molar-refractivity contribution is -0.122. The maximum Gasteiger partial charge on any atom is 0.328 e. The fraction of sp³-hybridized carbons (Fsp3) is 0.429. The molecule has 0 saturated carbocycles. The number of aromatic nitrogens is 4. The van der Waals surface area contributed by atoms with E-state index in [-0.39, 0.29) is 18.5 Å². The second-order valence-corrected chi connectivity index (χ2v) is 5.41. The normalized spacial score (nSPS) is 12.1. The van der Waals surface area contributed by atoms with Crippen molar-refractivity contribution in [3.63, 3.8) is 0 Å². The first kappa shape index (κ1) is 15.7. The van der Waals surface area contributed by atoms with Crippen molar-refractivity contribution in [3.8, 4) is 0 Å². The molecule has 2 rings (SSSR count). The van der Waals surface area contributed by atoms with Crippen LogP contribution < -0.4 is 16.6 Å². The standard InChI is InChI=1S/C14H19N5O3/c1-8-6-19(14(22)16-13(8)21)7-12(20)15-9(2)4-11-5-10(3)17-18-11/h5-6,9H,4,7H2,1-3H3,(H,15,20)(H,17,18)(H,16,21,22)/t9-/m1/s1. The molecule has 0 aliphatic heterocycles. The number of aryl methyl sites for hydroxylation is 2. The Balaban J connectivity index is 1.96. The van der Waals surface area contributed by atoms with Gasteiger partial charge in [-0.15, -0.1) is 0 Å². The number of rotatable bonds is 5. The highest BCUT2D eigenvalue weighted by atomic mass is 16.2. The molecule has 0 fully saturated rings. The molecule has 1 atom stereocenters. The van der Waals surface area contributed by atoms with Gasteiger partial charge in [0, 0.05) is 29.9 Å². The fourth-order valence-electron chi connectivity index (χ4n) is 2.15. The summed E-state index contributed by atoms with van der Waals surface area (Å²) in [7, 11) is 0. The Morgan fingerprint density at radius 1 is 1.41 bits per heavy atom. The Morgan fingerprint density at radius 2 is 2.14 bits per heavy atom. The Kier molecular flexibility index (Phi) is 4.59. The Labute approximate surface area is 126 Å². The van der Waals surface area contributed by atoms with Crippen LogP contribution in [0.2, 0.25) is 0 Å². The van der Waals surface area contributed by atoms with Gasteiger partial charge in [0.2, 0.25) is 5.91 Å². The van der Waals surface area contributed by atoms with E-state index in [0.717, 1.165) is 11.4 Å². The maximum atomic E-state index is 12.0. The van der Waals surface area contributed by atoms with Crippen LogP contribution in [-0.2, 0) is 17.8 Å². The Morgan fingerprint density at radius 3 is 2.77 bits per heavy atom. The van der Waals surface area contributed by atoms with Crippen molar-refractivity contribution in [1.82, 2.24) is 25.1 Å². The molecular weight excluding hydrogens is 286 g/mol. The van der Waals surface area contributed by atoms with E-state index in [4.69, 9.17) is 0 Å². The largest absolute Gasteiger partial charge is 0.352 e. The number of amides is 1. The number of nitrogens with one attached hydrogen (secondary N) is 3. The molecule has 0 radical (unpaired) electrons. The van der Waals surface area contributed by atoms with Crippen LogP contribution in [-0.4, -0.2) is 31.7 Å². The van der Waals surface area contributed by atoms with Gasteiger partial charge in [-0.25, -0.2) is 4.79 Å². The third kappa shape index (κ3) is 3.94. The lowest BCUT2D eigenvalue weighted by Gasteiger charge is -2.13. The van der Waals surface area contributed by atoms with Crippen molar-refractivity contribution >= 4 is 5.91 Å². The quantitative estimate of drug-likeness (QED) is 0.699. The van der Waals surface area contributed by atoms with Crippen molar-refractivity contribution in [2.45, 2.75) is 39.8 Å². The van der Waals surface area contributed by atoms with Crippen molar-refractivity contribution in [3.05, 3.63) is 50.1 Å². The molecule has 0 aliphatic rings. The average molecular weight is 305 g/mol. The predicted molar refractivity (Wildman–Crippen MR) is 80.7 cm³/mol. The number of H-pyrrole nitrogens is 2. The van der Waals surface area contributed by atoms with Crippen molar-refractivity contribution < 1.29 is 4.79 Å². The molecule has 2 aromatic rings. The highest BCUT2D eigenvalue weighted by molar-refractivity contribution is 5.76. The highest BCUT2D eigenvalue weighted by Gasteiger charge is 2.11. The van der Waals surface area contributed by atoms with E-state index >= 15 is 0 Å². The van der Waals surface area contributed by atoms with Crippen LogP contribution in [0.3, 0.4) is 0 Å². The summed E-state index contributed by atoms with van der Waals surface area (Å²) in [5.74, 6) is -0.298. The fourth-order valence-corrected chi connectivity index (χ4v) is 2.15. The van der Waals surface area contributed by atoms with Crippen LogP contribution in [0.5, 0.6) is 0 Å². The van der Waals surface area contributed by atoms with E-state index in [1.807, 2.05) is 19.9 Å². The van der Waals surface area contributed by atoms with E-state index in [2.05, 4.69) is 20.5 Å². The molecule has 22 heavy (non-hydrogen) atoms. The number of aromatic amines is 2. The molecule has 2 aromatic heterocycles. The second-order valence-electron chi connectivity index (χ2n) is 5.41. The van der Waals surface area contributed by atoms with Gasteiger partial charge in [0.15, 0.2) is 0 Å². The van der Waals surface area contributed by atoms with Crippen LogP contribution in [0.1, 0.15) is 23.9 Å². The summed E-state index contributed by atoms with van der Waals surface area (Å²) in [6, 6.07) is 1.80. The third-order valence-electron chi connectivity index (χ3n) is 3.18. The topological polar surface area (TPSA) is 113 Å². The summed E-state index contributed by atoms with van der Waals surface area (Å²) in [6.07, 6.45) is 1.97. The molecule has 8 heteroatoms. The molecule has 0 spiro atoms. The first-order chi connectivity index (χ1) is 10.3. The summed E-state index contributed by atoms with van der Waals surface area (Å²) in [5, 5.41) is 9.76. The van der Waals surface area contributed by atoms with Gasteiger partial charge in [-0.3, -0.25) is 24.2 Å². The van der Waals surface area contributed by atoms with E-state index < -0.39 is 11.2 Å². The molecule has 2 heterocycles. The number of hydrogen-bond donors (Lipinski definition) is 3. The first-order valence-corrected chi connectivity index (χ1v) is 6.96. The highest BCUT2D eigenvalue weighted by Crippen LogP contribution is 2.01. The average Bonchev–Trinajstić information content (AvgIpc) is 2.81. The molecule has 0 aromatic carbocycles. The van der Waals surface area contributed by atoms with Crippen LogP contribution in [0.15, 0.2) is 21.9 Å². The lowest BCUT2D eigenvalue weighted by atomic mass is 10.2. The zero-order valence-corrected chi connectivity index (χ0v) is 12.8. The van der Waals surface area contributed by atoms with Gasteiger partial charge in [-0.1, -0.05) is 0 Å². The predicted octanol–water partition coefficient (Wildman–Crippen LogP) is -0.376. The van der Waals surface area contributed by atoms with Crippen LogP contribution in [0.25, 0.3) is 0 Å². The zero-order valence-electron chi connectivity index (χ0n) is 12.8. The minimum absolute atomic E-state index is 0.116. The minimum atomic E-state index is -0.596. The van der Waals surface area contributed by atoms with Gasteiger partial charge in [0.1, 0.15) is 6.54 Å². The summed E-state index contributed by atoms with van der Waals surface area (Å²) in [4.78, 5) is 37.0. The van der Waals surface area contributed by atoms with E-state index in [0.29, 0.717) is 12.0 Å². The van der Waals surface area contributed by atoms with E-state index in [1.54, 1.807) is 6.92 Å². The lowest BCUT2D eigenvalue weighted by Crippen LogP contribution is -2.40. The number of nitrogens with zero attached hydrogens (tertiary/aromatic N) is 2. The summed E-state index contributed by atoms with van der Waals surface area (Å²) in [5.41, 5.74) is 1.17. The van der Waals surface area contributed by atoms with Crippen LogP contribution in [0, 0.1) is 13.8 Å². The molecular formula is C14H19N5O3. The van der Waals surface area contributed by atoms with E-state index in [9.17, 15) is 14.4 Å². The molecule has 118 valence electrons. The summed E-state index contributed by atoms with van der Waals surface area (Å²) >= 11 is 0. The SMILES string of the molecule is Cc1cc(C[C@@H](C)NC(=O)Cn2cc(C)c(=O)[nH]c2=O)n[nH]1. The molecule has 1 amide bonds. The summed E-state index contributed by atoms with van der Waals surface area (Å²) in [6.45, 7) is 5.21. The molecule has 0 unspecified atom stereocenters. The second kappa shape index (κ2) is 6.42. The molecule has 0 aliphatic carbocycles. The number of carbonyl (C=O) groups is 1. The number of hydrogen-bond acceptors (Lipinski definition) is 4. The number of carbonyl (C=O) groups excluding carboxylic acids is 1. The van der Waals surface area contributed by atoms with Crippen molar-refractivity contribution in [2.75, 3.05) is 0 Å². The van der Waals surface area contributed by atoms with Gasteiger partial charge in [0.25, 0.3) is 5.56 Å². The summed E-state index contributed by atoms with van der Waals surface area (Å²) < 4.78 is 1.18. The first-order valence-electron chi connectivity index (χ1n) is 6.96. The molecule has 3 N–H and O–H groups in total. The van der Waals surface area contributed by atoms with Crippen LogP contribution >= 0.6 is 0 Å². The zero-order chi connectivity index (χ0) is 16.3. The minimum Gasteiger partial charge on any atom is -0.352 e. The molecule has 8 nitrogen and oxygen atoms in total. The van der Waals surface area contributed by atoms with Crippen molar-refractivity contribution in [1.29, 1.82) is 0 Å². The third-order valence-corrected chi connectivity index (χ3v) is 3.18. The van der Waals surface area contributed by atoms with E-state index in [1.165, 1.54) is 10.8 Å². The Bertz CT molecular complexity index is 786. The van der Waals surface area contributed by atoms with Crippen LogP contribution in [0.4, 0.5) is 0 Å². The smallest absolute Gasteiger partial charge is 0.328 e. The van der Waals surface area contributed by atoms with Gasteiger partial charge >= 0.3 is 5.69 Å².